The molecular weight excluding hydrogens is 259 g/mol. The van der Waals surface area contributed by atoms with Gasteiger partial charge in [-0.05, 0) is 30.2 Å². The Morgan fingerprint density at radius 1 is 1.26 bits per heavy atom. The number of nitrogen functional groups attached to an aromatic ring is 1. The summed E-state index contributed by atoms with van der Waals surface area (Å²) in [5.41, 5.74) is 9.42. The second-order valence-corrected chi connectivity index (χ2v) is 5.60. The number of nitrogens with two attached hydrogens (primary N) is 1. The molecule has 0 atom stereocenters. The molecule has 0 aliphatic rings. The van der Waals surface area contributed by atoms with E-state index in [1.807, 2.05) is 19.1 Å². The Morgan fingerprint density at radius 3 is 2.79 bits per heavy atom. The Kier molecular flexibility index (Phi) is 2.95. The lowest BCUT2D eigenvalue weighted by Crippen LogP contribution is -1.91. The van der Waals surface area contributed by atoms with E-state index in [0.717, 1.165) is 26.3 Å². The lowest BCUT2D eigenvalue weighted by molar-refractivity contribution is 0.614. The van der Waals surface area contributed by atoms with Gasteiger partial charge in [-0.2, -0.15) is 0 Å². The number of aryl methyl sites for hydroxylation is 1. The minimum absolute atomic E-state index is 0.166. The Hall–Kier alpha value is -1.94. The third-order valence-corrected chi connectivity index (χ3v) is 4.57. The van der Waals surface area contributed by atoms with Gasteiger partial charge >= 0.3 is 0 Å². The number of aromatic nitrogens is 1. The fourth-order valence-corrected chi connectivity index (χ4v) is 3.36. The van der Waals surface area contributed by atoms with Crippen molar-refractivity contribution < 1.29 is 4.39 Å². The molecular formula is C15H13FN2S. The molecule has 0 fully saturated rings. The monoisotopic (exact) mass is 272 g/mol. The third-order valence-electron chi connectivity index (χ3n) is 3.24. The van der Waals surface area contributed by atoms with E-state index in [1.165, 1.54) is 6.07 Å². The first-order chi connectivity index (χ1) is 9.16. The average Bonchev–Trinajstić information content (AvgIpc) is 2.72. The predicted octanol–water partition coefficient (Wildman–Crippen LogP) is 3.92. The van der Waals surface area contributed by atoms with E-state index in [-0.39, 0.29) is 5.82 Å². The highest BCUT2D eigenvalue weighted by Gasteiger charge is 2.13. The molecule has 4 heteroatoms. The molecule has 0 aliphatic heterocycles. The Morgan fingerprint density at radius 2 is 2.05 bits per heavy atom. The van der Waals surface area contributed by atoms with E-state index in [1.54, 1.807) is 29.7 Å². The summed E-state index contributed by atoms with van der Waals surface area (Å²) in [6.07, 6.45) is 2.29. The normalized spacial score (nSPS) is 11.1. The minimum Gasteiger partial charge on any atom is -0.397 e. The average molecular weight is 272 g/mol. The van der Waals surface area contributed by atoms with E-state index in [4.69, 9.17) is 5.73 Å². The van der Waals surface area contributed by atoms with Crippen LogP contribution in [0.25, 0.3) is 10.2 Å². The van der Waals surface area contributed by atoms with Crippen LogP contribution < -0.4 is 5.73 Å². The van der Waals surface area contributed by atoms with Gasteiger partial charge in [0.2, 0.25) is 0 Å². The van der Waals surface area contributed by atoms with Gasteiger partial charge in [-0.15, -0.1) is 11.3 Å². The lowest BCUT2D eigenvalue weighted by atomic mass is 10.1. The van der Waals surface area contributed by atoms with Crippen LogP contribution in [-0.2, 0) is 6.42 Å². The van der Waals surface area contributed by atoms with Crippen LogP contribution in [-0.4, -0.2) is 4.98 Å². The van der Waals surface area contributed by atoms with Crippen LogP contribution in [0.3, 0.4) is 0 Å². The van der Waals surface area contributed by atoms with Crippen LogP contribution in [0.15, 0.2) is 36.5 Å². The van der Waals surface area contributed by atoms with Gasteiger partial charge in [-0.1, -0.05) is 18.2 Å². The van der Waals surface area contributed by atoms with Crippen molar-refractivity contribution in [2.24, 2.45) is 0 Å². The van der Waals surface area contributed by atoms with Gasteiger partial charge in [0.1, 0.15) is 5.82 Å². The molecule has 2 heterocycles. The fraction of sp³-hybridized carbons (Fsp3) is 0.133. The molecule has 2 nitrogen and oxygen atoms in total. The van der Waals surface area contributed by atoms with Crippen molar-refractivity contribution in [3.63, 3.8) is 0 Å². The summed E-state index contributed by atoms with van der Waals surface area (Å²) < 4.78 is 14.7. The van der Waals surface area contributed by atoms with Gasteiger partial charge in [0, 0.05) is 17.5 Å². The van der Waals surface area contributed by atoms with Crippen molar-refractivity contribution >= 4 is 27.2 Å². The molecule has 0 saturated carbocycles. The first-order valence-electron chi connectivity index (χ1n) is 6.02. The van der Waals surface area contributed by atoms with Crippen molar-refractivity contribution in [1.82, 2.24) is 4.98 Å². The van der Waals surface area contributed by atoms with Crippen molar-refractivity contribution in [3.05, 3.63) is 58.3 Å². The summed E-state index contributed by atoms with van der Waals surface area (Å²) in [6.45, 7) is 2.02. The number of rotatable bonds is 2. The zero-order valence-electron chi connectivity index (χ0n) is 10.5. The third kappa shape index (κ3) is 2.08. The number of pyridine rings is 1. The molecule has 0 amide bonds. The fourth-order valence-electron chi connectivity index (χ4n) is 2.15. The van der Waals surface area contributed by atoms with Crippen molar-refractivity contribution in [1.29, 1.82) is 0 Å². The predicted molar refractivity (Wildman–Crippen MR) is 78.0 cm³/mol. The molecule has 0 spiro atoms. The molecule has 0 radical (unpaired) electrons. The number of fused-ring (bicyclic) bond motifs is 1. The molecule has 3 rings (SSSR count). The maximum absolute atomic E-state index is 13.7. The summed E-state index contributed by atoms with van der Waals surface area (Å²) in [7, 11) is 0. The molecule has 0 bridgehead atoms. The van der Waals surface area contributed by atoms with Gasteiger partial charge in [-0.3, -0.25) is 4.98 Å². The SMILES string of the molecule is Cc1c(Cc2ccccc2F)sc2c(N)ccnc12. The van der Waals surface area contributed by atoms with Gasteiger partial charge in [0.25, 0.3) is 0 Å². The van der Waals surface area contributed by atoms with E-state index >= 15 is 0 Å². The van der Waals surface area contributed by atoms with Crippen LogP contribution in [0.4, 0.5) is 10.1 Å². The number of benzene rings is 1. The first kappa shape index (κ1) is 12.1. The second kappa shape index (κ2) is 4.63. The second-order valence-electron chi connectivity index (χ2n) is 4.50. The van der Waals surface area contributed by atoms with Gasteiger partial charge in [0.15, 0.2) is 0 Å². The Balaban J connectivity index is 2.09. The summed E-state index contributed by atoms with van der Waals surface area (Å²) in [5, 5.41) is 0. The number of hydrogen-bond acceptors (Lipinski definition) is 3. The van der Waals surface area contributed by atoms with E-state index < -0.39 is 0 Å². The summed E-state index contributed by atoms with van der Waals surface area (Å²) in [4.78, 5) is 5.48. The highest BCUT2D eigenvalue weighted by molar-refractivity contribution is 7.19. The number of halogens is 1. The van der Waals surface area contributed by atoms with Crippen LogP contribution in [0.1, 0.15) is 16.0 Å². The quantitative estimate of drug-likeness (QED) is 0.768. The highest BCUT2D eigenvalue weighted by Crippen LogP contribution is 2.34. The topological polar surface area (TPSA) is 38.9 Å². The Labute approximate surface area is 114 Å². The van der Waals surface area contributed by atoms with Gasteiger partial charge in [0.05, 0.1) is 15.9 Å². The molecule has 3 aromatic rings. The standard InChI is InChI=1S/C15H13FN2S/c1-9-13(8-10-4-2-3-5-11(10)16)19-15-12(17)6-7-18-14(9)15/h2-7H,8H2,1H3,(H2,17,18). The van der Waals surface area contributed by atoms with E-state index in [0.29, 0.717) is 12.0 Å². The van der Waals surface area contributed by atoms with Crippen molar-refractivity contribution in [2.45, 2.75) is 13.3 Å². The van der Waals surface area contributed by atoms with Crippen LogP contribution in [0.5, 0.6) is 0 Å². The molecule has 96 valence electrons. The molecule has 2 N–H and O–H groups in total. The zero-order valence-corrected chi connectivity index (χ0v) is 11.3. The zero-order chi connectivity index (χ0) is 13.4. The summed E-state index contributed by atoms with van der Waals surface area (Å²) in [6, 6.07) is 8.66. The maximum atomic E-state index is 13.7. The number of nitrogens with zero attached hydrogens (tertiary/aromatic N) is 1. The summed E-state index contributed by atoms with van der Waals surface area (Å²) >= 11 is 1.60. The molecule has 0 unspecified atom stereocenters. The summed E-state index contributed by atoms with van der Waals surface area (Å²) in [5.74, 6) is -0.166. The van der Waals surface area contributed by atoms with Crippen LogP contribution in [0, 0.1) is 12.7 Å². The number of anilines is 1. The van der Waals surface area contributed by atoms with E-state index in [9.17, 15) is 4.39 Å². The molecule has 2 aromatic heterocycles. The smallest absolute Gasteiger partial charge is 0.126 e. The maximum Gasteiger partial charge on any atom is 0.126 e. The molecule has 19 heavy (non-hydrogen) atoms. The van der Waals surface area contributed by atoms with Crippen LogP contribution >= 0.6 is 11.3 Å². The van der Waals surface area contributed by atoms with E-state index in [2.05, 4.69) is 4.98 Å². The molecule has 0 aliphatic carbocycles. The molecule has 1 aromatic carbocycles. The van der Waals surface area contributed by atoms with Gasteiger partial charge < -0.3 is 5.73 Å². The van der Waals surface area contributed by atoms with Crippen molar-refractivity contribution in [3.8, 4) is 0 Å². The van der Waals surface area contributed by atoms with Crippen molar-refractivity contribution in [2.75, 3.05) is 5.73 Å². The number of thiophene rings is 1. The minimum atomic E-state index is -0.166. The highest BCUT2D eigenvalue weighted by atomic mass is 32.1. The Bertz CT molecular complexity index is 749. The largest absolute Gasteiger partial charge is 0.397 e. The first-order valence-corrected chi connectivity index (χ1v) is 6.84. The van der Waals surface area contributed by atoms with Crippen LogP contribution in [0.2, 0.25) is 0 Å². The lowest BCUT2D eigenvalue weighted by Gasteiger charge is -2.01. The number of hydrogen-bond donors (Lipinski definition) is 1. The molecule has 0 saturated heterocycles. The van der Waals surface area contributed by atoms with Gasteiger partial charge in [-0.25, -0.2) is 4.39 Å².